The van der Waals surface area contributed by atoms with Crippen LogP contribution in [0.5, 0.6) is 0 Å². The number of rotatable bonds is 7. The molecule has 1 aliphatic rings. The van der Waals surface area contributed by atoms with Crippen LogP contribution in [-0.4, -0.2) is 42.4 Å². The van der Waals surface area contributed by atoms with Crippen molar-refractivity contribution in [2.45, 2.75) is 31.1 Å². The summed E-state index contributed by atoms with van der Waals surface area (Å²) in [6.45, 7) is 0.265. The third-order valence-corrected chi connectivity index (χ3v) is 4.96. The van der Waals surface area contributed by atoms with E-state index in [0.717, 1.165) is 7.11 Å². The molecule has 1 amide bonds. The molecule has 1 unspecified atom stereocenters. The van der Waals surface area contributed by atoms with Gasteiger partial charge in [-0.3, -0.25) is 19.0 Å². The lowest BCUT2D eigenvalue weighted by atomic mass is 10.3. The number of aromatic nitrogens is 2. The van der Waals surface area contributed by atoms with Crippen molar-refractivity contribution in [3.05, 3.63) is 18.5 Å². The number of amides is 1. The molecule has 1 aromatic heterocycles. The fourth-order valence-electron chi connectivity index (χ4n) is 2.01. The molecular formula is C12H17N3O5S. The highest BCUT2D eigenvalue weighted by Crippen LogP contribution is 2.36. The summed E-state index contributed by atoms with van der Waals surface area (Å²) in [5.41, 5.74) is 0. The third-order valence-electron chi connectivity index (χ3n) is 3.20. The number of sulfonamides is 1. The van der Waals surface area contributed by atoms with Gasteiger partial charge >= 0.3 is 5.97 Å². The van der Waals surface area contributed by atoms with E-state index in [1.807, 2.05) is 4.72 Å². The maximum absolute atomic E-state index is 12.1. The smallest absolute Gasteiger partial charge is 0.326 e. The van der Waals surface area contributed by atoms with Crippen molar-refractivity contribution in [1.29, 1.82) is 0 Å². The van der Waals surface area contributed by atoms with E-state index in [9.17, 15) is 18.0 Å². The zero-order chi connectivity index (χ0) is 15.5. The van der Waals surface area contributed by atoms with E-state index in [1.54, 1.807) is 18.5 Å². The molecule has 0 aliphatic heterocycles. The zero-order valence-corrected chi connectivity index (χ0v) is 12.4. The van der Waals surface area contributed by atoms with Crippen molar-refractivity contribution in [1.82, 2.24) is 14.5 Å². The molecule has 9 heteroatoms. The van der Waals surface area contributed by atoms with Crippen molar-refractivity contribution < 1.29 is 22.7 Å². The second-order valence-electron chi connectivity index (χ2n) is 4.87. The maximum atomic E-state index is 12.1. The first-order valence-electron chi connectivity index (χ1n) is 6.54. The van der Waals surface area contributed by atoms with E-state index in [4.69, 9.17) is 0 Å². The van der Waals surface area contributed by atoms with E-state index in [2.05, 4.69) is 9.84 Å². The van der Waals surface area contributed by atoms with Gasteiger partial charge in [-0.05, 0) is 24.8 Å². The van der Waals surface area contributed by atoms with Crippen LogP contribution in [0.25, 0.3) is 0 Å². The SMILES string of the molecule is COC(=O)C(C1CC1)S(=O)(=O)NC(=O)CCn1cccn1. The number of nitrogens with one attached hydrogen (secondary N) is 1. The van der Waals surface area contributed by atoms with Gasteiger partial charge in [0.1, 0.15) is 0 Å². The molecule has 0 bridgehead atoms. The predicted molar refractivity (Wildman–Crippen MR) is 72.4 cm³/mol. The second-order valence-corrected chi connectivity index (χ2v) is 6.67. The minimum Gasteiger partial charge on any atom is -0.468 e. The quantitative estimate of drug-likeness (QED) is 0.690. The summed E-state index contributed by atoms with van der Waals surface area (Å²) >= 11 is 0. The number of ether oxygens (including phenoxy) is 1. The number of nitrogens with zero attached hydrogens (tertiary/aromatic N) is 2. The zero-order valence-electron chi connectivity index (χ0n) is 11.6. The molecule has 116 valence electrons. The van der Waals surface area contributed by atoms with E-state index in [0.29, 0.717) is 12.8 Å². The Morgan fingerprint density at radius 1 is 1.48 bits per heavy atom. The van der Waals surface area contributed by atoms with Crippen LogP contribution in [0.4, 0.5) is 0 Å². The Balaban J connectivity index is 1.95. The van der Waals surface area contributed by atoms with Crippen LogP contribution in [0, 0.1) is 5.92 Å². The molecular weight excluding hydrogens is 298 g/mol. The van der Waals surface area contributed by atoms with Gasteiger partial charge in [0.05, 0.1) is 7.11 Å². The van der Waals surface area contributed by atoms with Crippen molar-refractivity contribution >= 4 is 21.9 Å². The Morgan fingerprint density at radius 2 is 2.19 bits per heavy atom. The maximum Gasteiger partial charge on any atom is 0.326 e. The number of hydrogen-bond donors (Lipinski definition) is 1. The van der Waals surface area contributed by atoms with Gasteiger partial charge in [0, 0.05) is 25.4 Å². The monoisotopic (exact) mass is 315 g/mol. The van der Waals surface area contributed by atoms with Gasteiger partial charge in [-0.15, -0.1) is 0 Å². The van der Waals surface area contributed by atoms with Gasteiger partial charge in [-0.1, -0.05) is 0 Å². The van der Waals surface area contributed by atoms with Crippen LogP contribution in [0.15, 0.2) is 18.5 Å². The lowest BCUT2D eigenvalue weighted by molar-refractivity contribution is -0.140. The van der Waals surface area contributed by atoms with Gasteiger partial charge in [0.25, 0.3) is 0 Å². The summed E-state index contributed by atoms with van der Waals surface area (Å²) in [7, 11) is -2.93. The number of carbonyl (C=O) groups is 2. The topological polar surface area (TPSA) is 107 Å². The lowest BCUT2D eigenvalue weighted by Gasteiger charge is -2.15. The van der Waals surface area contributed by atoms with Crippen molar-refractivity contribution in [2.24, 2.45) is 5.92 Å². The average molecular weight is 315 g/mol. The molecule has 1 atom stereocenters. The van der Waals surface area contributed by atoms with Crippen molar-refractivity contribution in [3.8, 4) is 0 Å². The van der Waals surface area contributed by atoms with E-state index < -0.39 is 27.1 Å². The summed E-state index contributed by atoms with van der Waals surface area (Å²) < 4.78 is 32.2. The Morgan fingerprint density at radius 3 is 2.71 bits per heavy atom. The van der Waals surface area contributed by atoms with Crippen LogP contribution in [0.1, 0.15) is 19.3 Å². The molecule has 1 saturated carbocycles. The van der Waals surface area contributed by atoms with Crippen LogP contribution < -0.4 is 4.72 Å². The number of esters is 1. The first-order chi connectivity index (χ1) is 9.94. The number of hydrogen-bond acceptors (Lipinski definition) is 6. The molecule has 0 aromatic carbocycles. The normalized spacial score (nSPS) is 16.2. The van der Waals surface area contributed by atoms with Crippen LogP contribution >= 0.6 is 0 Å². The molecule has 1 aromatic rings. The lowest BCUT2D eigenvalue weighted by Crippen LogP contribution is -2.44. The second kappa shape index (κ2) is 6.25. The first-order valence-corrected chi connectivity index (χ1v) is 8.08. The summed E-state index contributed by atoms with van der Waals surface area (Å²) in [5, 5.41) is 2.60. The average Bonchev–Trinajstić information content (AvgIpc) is 3.09. The Kier molecular flexibility index (Phi) is 4.61. The number of methoxy groups -OCH3 is 1. The molecule has 2 rings (SSSR count). The summed E-state index contributed by atoms with van der Waals surface area (Å²) in [6, 6.07) is 1.70. The fourth-order valence-corrected chi connectivity index (χ4v) is 3.68. The summed E-state index contributed by atoms with van der Waals surface area (Å²) in [4.78, 5) is 23.3. The van der Waals surface area contributed by atoms with Gasteiger partial charge in [-0.2, -0.15) is 5.10 Å². The summed E-state index contributed by atoms with van der Waals surface area (Å²) in [6.07, 6.45) is 4.47. The van der Waals surface area contributed by atoms with E-state index >= 15 is 0 Å². The largest absolute Gasteiger partial charge is 0.468 e. The predicted octanol–water partition coefficient (Wildman–Crippen LogP) is -0.329. The highest BCUT2D eigenvalue weighted by Gasteiger charge is 2.46. The van der Waals surface area contributed by atoms with Gasteiger partial charge < -0.3 is 4.74 Å². The van der Waals surface area contributed by atoms with E-state index in [-0.39, 0.29) is 18.9 Å². The molecule has 1 fully saturated rings. The van der Waals surface area contributed by atoms with Gasteiger partial charge in [0.2, 0.25) is 15.9 Å². The molecule has 0 spiro atoms. The number of aryl methyl sites for hydroxylation is 1. The third kappa shape index (κ3) is 4.03. The minimum atomic E-state index is -4.06. The molecule has 21 heavy (non-hydrogen) atoms. The minimum absolute atomic E-state index is 0.0422. The molecule has 0 radical (unpaired) electrons. The molecule has 1 N–H and O–H groups in total. The van der Waals surface area contributed by atoms with Crippen LogP contribution in [0.3, 0.4) is 0 Å². The standard InChI is InChI=1S/C12H17N3O5S/c1-20-12(17)11(9-3-4-9)21(18,19)14-10(16)5-8-15-7-2-6-13-15/h2,6-7,9,11H,3-5,8H2,1H3,(H,14,16). The van der Waals surface area contributed by atoms with Crippen molar-refractivity contribution in [3.63, 3.8) is 0 Å². The Labute approximate surface area is 122 Å². The molecule has 1 aliphatic carbocycles. The fraction of sp³-hybridized carbons (Fsp3) is 0.583. The van der Waals surface area contributed by atoms with Crippen LogP contribution in [-0.2, 0) is 30.9 Å². The highest BCUT2D eigenvalue weighted by atomic mass is 32.2. The summed E-state index contributed by atoms with van der Waals surface area (Å²) in [5.74, 6) is -1.77. The van der Waals surface area contributed by atoms with Crippen LogP contribution in [0.2, 0.25) is 0 Å². The van der Waals surface area contributed by atoms with E-state index in [1.165, 1.54) is 4.68 Å². The number of carbonyl (C=O) groups excluding carboxylic acids is 2. The first kappa shape index (κ1) is 15.5. The van der Waals surface area contributed by atoms with Gasteiger partial charge in [0.15, 0.2) is 5.25 Å². The Bertz CT molecular complexity index is 607. The highest BCUT2D eigenvalue weighted by molar-refractivity contribution is 7.91. The molecule has 0 saturated heterocycles. The van der Waals surface area contributed by atoms with Crippen molar-refractivity contribution in [2.75, 3.05) is 7.11 Å². The Hall–Kier alpha value is -1.90. The molecule has 8 nitrogen and oxygen atoms in total. The molecule has 1 heterocycles. The van der Waals surface area contributed by atoms with Gasteiger partial charge in [-0.25, -0.2) is 8.42 Å².